The van der Waals surface area contributed by atoms with E-state index in [-0.39, 0.29) is 11.9 Å². The molecule has 0 aromatic heterocycles. The second kappa shape index (κ2) is 7.01. The van der Waals surface area contributed by atoms with Crippen molar-refractivity contribution in [2.45, 2.75) is 25.2 Å². The van der Waals surface area contributed by atoms with Gasteiger partial charge in [0.2, 0.25) is 0 Å². The summed E-state index contributed by atoms with van der Waals surface area (Å²) in [6.45, 7) is 6.31. The minimum absolute atomic E-state index is 0.228. The number of imide groups is 1. The molecule has 146 valence electrons. The first-order valence-corrected chi connectivity index (χ1v) is 13.2. The van der Waals surface area contributed by atoms with Gasteiger partial charge < -0.3 is 4.57 Å². The predicted octanol–water partition coefficient (Wildman–Crippen LogP) is 5.23. The number of carbonyl (C=O) groups is 2. The SMILES string of the molecule is C[Si](C)(C)N1C(=O)N(c2ccccc2)C(=O)C1(c1ccccc1)c1ccccc1. The van der Waals surface area contributed by atoms with E-state index in [0.717, 1.165) is 11.1 Å². The van der Waals surface area contributed by atoms with E-state index >= 15 is 0 Å². The zero-order valence-corrected chi connectivity index (χ0v) is 17.9. The van der Waals surface area contributed by atoms with Gasteiger partial charge >= 0.3 is 6.03 Å². The molecule has 0 aliphatic carbocycles. The van der Waals surface area contributed by atoms with Crippen LogP contribution in [0.5, 0.6) is 0 Å². The van der Waals surface area contributed by atoms with Gasteiger partial charge in [0.25, 0.3) is 5.91 Å². The number of nitrogens with zero attached hydrogens (tertiary/aromatic N) is 2. The second-order valence-corrected chi connectivity index (χ2v) is 13.0. The van der Waals surface area contributed by atoms with Crippen molar-refractivity contribution in [3.63, 3.8) is 0 Å². The Hall–Kier alpha value is -3.18. The molecule has 4 nitrogen and oxygen atoms in total. The smallest absolute Gasteiger partial charge is 0.324 e. The molecule has 0 spiro atoms. The van der Waals surface area contributed by atoms with Crippen molar-refractivity contribution in [3.05, 3.63) is 102 Å². The first-order chi connectivity index (χ1) is 13.9. The summed E-state index contributed by atoms with van der Waals surface area (Å²) in [7, 11) is -2.28. The number of benzene rings is 3. The van der Waals surface area contributed by atoms with E-state index in [0.29, 0.717) is 5.69 Å². The Morgan fingerprint density at radius 3 is 1.48 bits per heavy atom. The van der Waals surface area contributed by atoms with Crippen LogP contribution in [-0.2, 0) is 10.3 Å². The number of rotatable bonds is 4. The van der Waals surface area contributed by atoms with Crippen LogP contribution in [0.4, 0.5) is 10.5 Å². The molecule has 0 bridgehead atoms. The van der Waals surface area contributed by atoms with E-state index in [1.54, 1.807) is 0 Å². The maximum absolute atomic E-state index is 14.2. The number of para-hydroxylation sites is 1. The third kappa shape index (κ3) is 2.89. The quantitative estimate of drug-likeness (QED) is 0.444. The normalized spacial score (nSPS) is 16.4. The minimum atomic E-state index is -2.28. The molecule has 5 heteroatoms. The van der Waals surface area contributed by atoms with Crippen molar-refractivity contribution in [2.24, 2.45) is 0 Å². The molecule has 1 heterocycles. The van der Waals surface area contributed by atoms with Crippen LogP contribution in [0.3, 0.4) is 0 Å². The van der Waals surface area contributed by atoms with Crippen molar-refractivity contribution in [1.29, 1.82) is 0 Å². The zero-order valence-electron chi connectivity index (χ0n) is 16.9. The number of carbonyl (C=O) groups excluding carboxylic acids is 2. The van der Waals surface area contributed by atoms with Crippen LogP contribution in [0, 0.1) is 0 Å². The van der Waals surface area contributed by atoms with Gasteiger partial charge in [0.15, 0.2) is 13.8 Å². The van der Waals surface area contributed by atoms with Crippen molar-refractivity contribution < 1.29 is 9.59 Å². The maximum atomic E-state index is 14.2. The fourth-order valence-corrected chi connectivity index (χ4v) is 6.25. The highest BCUT2D eigenvalue weighted by Crippen LogP contribution is 2.47. The van der Waals surface area contributed by atoms with Crippen molar-refractivity contribution in [1.82, 2.24) is 4.57 Å². The highest BCUT2D eigenvalue weighted by molar-refractivity contribution is 6.77. The van der Waals surface area contributed by atoms with Gasteiger partial charge in [0.1, 0.15) is 0 Å². The Labute approximate surface area is 172 Å². The molecule has 1 aliphatic heterocycles. The van der Waals surface area contributed by atoms with E-state index < -0.39 is 13.8 Å². The monoisotopic (exact) mass is 400 g/mol. The zero-order chi connectivity index (χ0) is 20.6. The van der Waals surface area contributed by atoms with Gasteiger partial charge in [-0.15, -0.1) is 0 Å². The lowest BCUT2D eigenvalue weighted by atomic mass is 9.82. The third-order valence-corrected chi connectivity index (χ3v) is 7.17. The van der Waals surface area contributed by atoms with E-state index in [2.05, 4.69) is 19.6 Å². The summed E-state index contributed by atoms with van der Waals surface area (Å²) < 4.78 is 1.86. The first-order valence-electron chi connectivity index (χ1n) is 9.73. The van der Waals surface area contributed by atoms with Crippen LogP contribution in [-0.4, -0.2) is 24.7 Å². The Bertz CT molecular complexity index is 991. The number of amides is 3. The van der Waals surface area contributed by atoms with Crippen LogP contribution in [0.1, 0.15) is 11.1 Å². The molecule has 4 rings (SSSR count). The van der Waals surface area contributed by atoms with Crippen LogP contribution >= 0.6 is 0 Å². The lowest BCUT2D eigenvalue weighted by molar-refractivity contribution is -0.122. The molecule has 0 radical (unpaired) electrons. The number of anilines is 1. The minimum Gasteiger partial charge on any atom is -0.331 e. The summed E-state index contributed by atoms with van der Waals surface area (Å²) in [5, 5.41) is 0. The Balaban J connectivity index is 2.07. The molecule has 0 saturated carbocycles. The molecule has 0 atom stereocenters. The molecule has 0 N–H and O–H groups in total. The van der Waals surface area contributed by atoms with Gasteiger partial charge in [-0.1, -0.05) is 98.5 Å². The molecule has 29 heavy (non-hydrogen) atoms. The van der Waals surface area contributed by atoms with Gasteiger partial charge in [0.05, 0.1) is 5.69 Å². The summed E-state index contributed by atoms with van der Waals surface area (Å²) in [5.41, 5.74) is 1.04. The van der Waals surface area contributed by atoms with Gasteiger partial charge in [-0.2, -0.15) is 0 Å². The lowest BCUT2D eigenvalue weighted by Crippen LogP contribution is -2.58. The van der Waals surface area contributed by atoms with Crippen molar-refractivity contribution in [3.8, 4) is 0 Å². The molecule has 1 saturated heterocycles. The predicted molar refractivity (Wildman–Crippen MR) is 118 cm³/mol. The maximum Gasteiger partial charge on any atom is 0.324 e. The molecule has 1 aliphatic rings. The van der Waals surface area contributed by atoms with Crippen LogP contribution < -0.4 is 4.90 Å². The number of urea groups is 1. The van der Waals surface area contributed by atoms with Crippen molar-refractivity contribution in [2.75, 3.05) is 4.90 Å². The lowest BCUT2D eigenvalue weighted by Gasteiger charge is -2.43. The number of hydrogen-bond donors (Lipinski definition) is 0. The summed E-state index contributed by atoms with van der Waals surface area (Å²) >= 11 is 0. The summed E-state index contributed by atoms with van der Waals surface area (Å²) in [4.78, 5) is 29.3. The van der Waals surface area contributed by atoms with Crippen molar-refractivity contribution >= 4 is 25.9 Å². The van der Waals surface area contributed by atoms with Crippen LogP contribution in [0.2, 0.25) is 19.6 Å². The summed E-state index contributed by atoms with van der Waals surface area (Å²) in [5.74, 6) is -0.228. The number of hydrogen-bond acceptors (Lipinski definition) is 2. The van der Waals surface area contributed by atoms with Gasteiger partial charge in [-0.3, -0.25) is 4.79 Å². The Morgan fingerprint density at radius 2 is 1.07 bits per heavy atom. The molecule has 3 aromatic rings. The van der Waals surface area contributed by atoms with E-state index in [1.165, 1.54) is 4.90 Å². The van der Waals surface area contributed by atoms with E-state index in [1.807, 2.05) is 95.6 Å². The van der Waals surface area contributed by atoms with E-state index in [9.17, 15) is 9.59 Å². The summed E-state index contributed by atoms with van der Waals surface area (Å²) in [6, 6.07) is 28.3. The highest BCUT2D eigenvalue weighted by atomic mass is 28.3. The average Bonchev–Trinajstić information content (AvgIpc) is 2.97. The van der Waals surface area contributed by atoms with E-state index in [4.69, 9.17) is 0 Å². The van der Waals surface area contributed by atoms with Crippen LogP contribution in [0.25, 0.3) is 0 Å². The molecule has 3 aromatic carbocycles. The topological polar surface area (TPSA) is 40.6 Å². The van der Waals surface area contributed by atoms with Gasteiger partial charge in [0, 0.05) is 0 Å². The Kier molecular flexibility index (Phi) is 4.63. The molecule has 1 fully saturated rings. The van der Waals surface area contributed by atoms with Gasteiger partial charge in [-0.25, -0.2) is 9.69 Å². The summed E-state index contributed by atoms with van der Waals surface area (Å²) in [6.07, 6.45) is 0. The molecular formula is C24H24N2O2Si. The fourth-order valence-electron chi connectivity index (χ4n) is 4.21. The third-order valence-electron chi connectivity index (χ3n) is 5.30. The Morgan fingerprint density at radius 1 is 0.655 bits per heavy atom. The molecule has 0 unspecified atom stereocenters. The first kappa shape index (κ1) is 19.1. The highest BCUT2D eigenvalue weighted by Gasteiger charge is 2.62. The second-order valence-electron chi connectivity index (χ2n) is 8.21. The standard InChI is InChI=1S/C24H24N2O2Si/c1-29(2,3)26-23(28)25(21-17-11-6-12-18-21)22(27)24(26,19-13-7-4-8-14-19)20-15-9-5-10-16-20/h4-18H,1-3H3. The molecular weight excluding hydrogens is 376 g/mol. The van der Waals surface area contributed by atoms with Gasteiger partial charge in [-0.05, 0) is 23.3 Å². The average molecular weight is 401 g/mol. The van der Waals surface area contributed by atoms with Crippen LogP contribution in [0.15, 0.2) is 91.0 Å². The fraction of sp³-hybridized carbons (Fsp3) is 0.167. The molecule has 3 amide bonds. The largest absolute Gasteiger partial charge is 0.331 e.